The standard InChI is InChI=1S/C36H41FN6O5S/c1-4-26-28(37)6-5-24-13-25(44)14-27(31(24)26)30-15-29-32(49(45,46)43(30)16-23-17-47-18-23)33(42-11-9-35(10-12-42)19-38-20-35)40-34(39-29)48-22-36(7-8-36)21-41(2)3/h1,5-6,13-15,23,38,44H,7-12,16-22H2,2-3H3. The highest BCUT2D eigenvalue weighted by molar-refractivity contribution is 7.89. The minimum atomic E-state index is -4.29. The Hall–Kier alpha value is -3.96. The van der Waals surface area contributed by atoms with Crippen molar-refractivity contribution >= 4 is 38.4 Å². The molecule has 1 aliphatic carbocycles. The second kappa shape index (κ2) is 11.8. The molecule has 1 spiro atoms. The largest absolute Gasteiger partial charge is 0.508 e. The molecule has 11 nitrogen and oxygen atoms in total. The molecule has 5 aliphatic rings. The maximum Gasteiger partial charge on any atom is 0.319 e. The highest BCUT2D eigenvalue weighted by Crippen LogP contribution is 2.48. The van der Waals surface area contributed by atoms with Gasteiger partial charge in [-0.15, -0.1) is 6.42 Å². The lowest BCUT2D eigenvalue weighted by molar-refractivity contribution is -0.0348. The number of aromatic nitrogens is 2. The highest BCUT2D eigenvalue weighted by Gasteiger charge is 2.46. The molecule has 49 heavy (non-hydrogen) atoms. The molecule has 0 atom stereocenters. The number of terminal acetylenes is 1. The quantitative estimate of drug-likeness (QED) is 0.324. The molecule has 0 radical (unpaired) electrons. The number of piperidine rings is 1. The first kappa shape index (κ1) is 32.3. The van der Waals surface area contributed by atoms with Gasteiger partial charge in [-0.25, -0.2) is 12.8 Å². The van der Waals surface area contributed by atoms with Crippen molar-refractivity contribution < 1.29 is 27.4 Å². The molecule has 2 N–H and O–H groups in total. The molecule has 258 valence electrons. The smallest absolute Gasteiger partial charge is 0.319 e. The normalized spacial score (nSPS) is 21.9. The van der Waals surface area contributed by atoms with E-state index in [2.05, 4.69) is 21.0 Å². The molecule has 0 amide bonds. The Morgan fingerprint density at radius 1 is 1.16 bits per heavy atom. The lowest BCUT2D eigenvalue weighted by atomic mass is 9.73. The van der Waals surface area contributed by atoms with Gasteiger partial charge in [-0.3, -0.25) is 4.31 Å². The molecule has 5 heterocycles. The van der Waals surface area contributed by atoms with Gasteiger partial charge in [-0.05, 0) is 74.9 Å². The molecular weight excluding hydrogens is 647 g/mol. The maximum absolute atomic E-state index is 15.2. The van der Waals surface area contributed by atoms with Crippen LogP contribution in [-0.4, -0.2) is 106 Å². The number of phenols is 1. The summed E-state index contributed by atoms with van der Waals surface area (Å²) in [4.78, 5) is 13.8. The zero-order valence-electron chi connectivity index (χ0n) is 27.8. The average molecular weight is 689 g/mol. The van der Waals surface area contributed by atoms with E-state index in [-0.39, 0.29) is 56.9 Å². The molecule has 1 aromatic heterocycles. The van der Waals surface area contributed by atoms with Crippen molar-refractivity contribution in [2.45, 2.75) is 30.6 Å². The third-order valence-electron chi connectivity index (χ3n) is 10.8. The van der Waals surface area contributed by atoms with Crippen molar-refractivity contribution in [3.05, 3.63) is 46.9 Å². The van der Waals surface area contributed by atoms with E-state index in [4.69, 9.17) is 25.9 Å². The molecule has 8 rings (SSSR count). The van der Waals surface area contributed by atoms with Crippen LogP contribution in [0.4, 0.5) is 10.2 Å². The molecular formula is C36H41FN6O5S. The summed E-state index contributed by atoms with van der Waals surface area (Å²) in [5, 5.41) is 15.1. The molecule has 3 saturated heterocycles. The van der Waals surface area contributed by atoms with Crippen LogP contribution >= 0.6 is 0 Å². The summed E-state index contributed by atoms with van der Waals surface area (Å²) in [6.45, 7) is 5.44. The molecule has 1 saturated carbocycles. The number of ether oxygens (including phenoxy) is 2. The van der Waals surface area contributed by atoms with Gasteiger partial charge in [0.15, 0.2) is 10.7 Å². The van der Waals surface area contributed by atoms with Gasteiger partial charge >= 0.3 is 6.01 Å². The van der Waals surface area contributed by atoms with Crippen LogP contribution < -0.4 is 15.0 Å². The van der Waals surface area contributed by atoms with Gasteiger partial charge in [0.1, 0.15) is 11.6 Å². The van der Waals surface area contributed by atoms with Gasteiger partial charge in [0.2, 0.25) is 0 Å². The third-order valence-corrected chi connectivity index (χ3v) is 12.6. The first-order chi connectivity index (χ1) is 23.5. The molecule has 4 fully saturated rings. The number of aromatic hydroxyl groups is 1. The van der Waals surface area contributed by atoms with E-state index in [9.17, 15) is 5.11 Å². The van der Waals surface area contributed by atoms with Gasteiger partial charge in [-0.2, -0.15) is 9.97 Å². The molecule has 4 aliphatic heterocycles. The molecule has 0 bridgehead atoms. The fourth-order valence-electron chi connectivity index (χ4n) is 7.74. The summed E-state index contributed by atoms with van der Waals surface area (Å²) >= 11 is 0. The van der Waals surface area contributed by atoms with Crippen LogP contribution in [0.15, 0.2) is 29.2 Å². The van der Waals surface area contributed by atoms with Crippen LogP contribution in [0, 0.1) is 34.9 Å². The summed E-state index contributed by atoms with van der Waals surface area (Å²) in [5.74, 6) is 2.00. The Morgan fingerprint density at radius 2 is 1.92 bits per heavy atom. The van der Waals surface area contributed by atoms with Gasteiger partial charge < -0.3 is 29.7 Å². The van der Waals surface area contributed by atoms with Crippen LogP contribution in [0.5, 0.6) is 11.8 Å². The Morgan fingerprint density at radius 3 is 2.53 bits per heavy atom. The number of hydrogen-bond donors (Lipinski definition) is 2. The van der Waals surface area contributed by atoms with Gasteiger partial charge in [0.25, 0.3) is 10.0 Å². The molecule has 13 heteroatoms. The van der Waals surface area contributed by atoms with Crippen molar-refractivity contribution in [2.24, 2.45) is 16.7 Å². The Labute approximate surface area is 286 Å². The van der Waals surface area contributed by atoms with E-state index in [1.807, 2.05) is 14.1 Å². The zero-order valence-corrected chi connectivity index (χ0v) is 28.7. The summed E-state index contributed by atoms with van der Waals surface area (Å²) in [7, 11) is -0.211. The van der Waals surface area contributed by atoms with E-state index in [0.29, 0.717) is 55.1 Å². The fourth-order valence-corrected chi connectivity index (χ4v) is 9.55. The summed E-state index contributed by atoms with van der Waals surface area (Å²) in [6.07, 6.45) is 11.4. The lowest BCUT2D eigenvalue weighted by Gasteiger charge is -2.49. The topological polar surface area (TPSA) is 120 Å². The number of fused-ring (bicyclic) bond motifs is 2. The number of phenolic OH excluding ortho intramolecular Hbond substituents is 1. The second-order valence-corrected chi connectivity index (χ2v) is 16.6. The van der Waals surface area contributed by atoms with Gasteiger partial charge in [0, 0.05) is 61.6 Å². The first-order valence-electron chi connectivity index (χ1n) is 16.9. The number of rotatable bonds is 9. The van der Waals surface area contributed by atoms with E-state index < -0.39 is 15.8 Å². The summed E-state index contributed by atoms with van der Waals surface area (Å²) < 4.78 is 58.3. The first-order valence-corrected chi connectivity index (χ1v) is 18.3. The van der Waals surface area contributed by atoms with Crippen LogP contribution in [-0.2, 0) is 14.8 Å². The van der Waals surface area contributed by atoms with Crippen LogP contribution in [0.1, 0.15) is 42.5 Å². The Balaban J connectivity index is 1.30. The van der Waals surface area contributed by atoms with Crippen molar-refractivity contribution in [3.63, 3.8) is 0 Å². The minimum Gasteiger partial charge on any atom is -0.508 e. The second-order valence-electron chi connectivity index (χ2n) is 14.8. The monoisotopic (exact) mass is 688 g/mol. The van der Waals surface area contributed by atoms with Crippen molar-refractivity contribution in [3.8, 4) is 24.1 Å². The fraction of sp³-hybridized carbons (Fsp3) is 0.500. The minimum absolute atomic E-state index is 0.00253. The molecule has 0 unspecified atom stereocenters. The van der Waals surface area contributed by atoms with Crippen molar-refractivity contribution in [2.75, 3.05) is 78.1 Å². The molecule has 3 aromatic rings. The lowest BCUT2D eigenvalue weighted by Crippen LogP contribution is -2.58. The number of anilines is 1. The summed E-state index contributed by atoms with van der Waals surface area (Å²) in [6, 6.07) is 5.82. The number of hydrogen-bond acceptors (Lipinski definition) is 10. The molecule has 2 aromatic carbocycles. The Kier molecular flexibility index (Phi) is 7.79. The van der Waals surface area contributed by atoms with E-state index >= 15 is 12.8 Å². The van der Waals surface area contributed by atoms with Crippen LogP contribution in [0.2, 0.25) is 0 Å². The number of sulfonamides is 1. The predicted molar refractivity (Wildman–Crippen MR) is 184 cm³/mol. The van der Waals surface area contributed by atoms with E-state index in [1.54, 1.807) is 6.08 Å². The van der Waals surface area contributed by atoms with Gasteiger partial charge in [-0.1, -0.05) is 12.0 Å². The van der Waals surface area contributed by atoms with Crippen LogP contribution in [0.25, 0.3) is 22.5 Å². The summed E-state index contributed by atoms with van der Waals surface area (Å²) in [5.41, 5.74) is 0.939. The number of benzene rings is 2. The SMILES string of the molecule is C#Cc1c(F)ccc2cc(O)cc(C3=Cc4nc(OCC5(CN(C)C)CC5)nc(N5CCC6(CC5)CNC6)c4S(=O)(=O)N3CC3COC3)c12. The van der Waals surface area contributed by atoms with Crippen molar-refractivity contribution in [1.29, 1.82) is 0 Å². The highest BCUT2D eigenvalue weighted by atomic mass is 32.2. The Bertz CT molecular complexity index is 2010. The predicted octanol–water partition coefficient (Wildman–Crippen LogP) is 3.52. The van der Waals surface area contributed by atoms with Gasteiger partial charge in [0.05, 0.1) is 36.8 Å². The van der Waals surface area contributed by atoms with Crippen molar-refractivity contribution in [1.82, 2.24) is 24.5 Å². The number of halogens is 1. The number of nitrogens with one attached hydrogen (secondary N) is 1. The van der Waals surface area contributed by atoms with Crippen LogP contribution in [0.3, 0.4) is 0 Å². The third kappa shape index (κ3) is 5.68. The zero-order chi connectivity index (χ0) is 34.1. The average Bonchev–Trinajstić information content (AvgIpc) is 3.79. The maximum atomic E-state index is 15.2. The van der Waals surface area contributed by atoms with E-state index in [1.165, 1.54) is 28.6 Å². The van der Waals surface area contributed by atoms with E-state index in [0.717, 1.165) is 45.3 Å². The number of nitrogens with zero attached hydrogens (tertiary/aromatic N) is 5.